The number of carbonyl (C=O) groups is 1. The van der Waals surface area contributed by atoms with Crippen LogP contribution in [0.25, 0.3) is 0 Å². The molecule has 2 aromatic rings. The number of hydrogen-bond donors (Lipinski definition) is 1. The molecule has 0 fully saturated rings. The highest BCUT2D eigenvalue weighted by molar-refractivity contribution is 9.10. The Kier molecular flexibility index (Phi) is 5.04. The molecule has 0 aliphatic carbocycles. The van der Waals surface area contributed by atoms with Gasteiger partial charge in [-0.05, 0) is 55.0 Å². The number of halogens is 2. The van der Waals surface area contributed by atoms with Crippen molar-refractivity contribution in [1.82, 2.24) is 0 Å². The number of carbonyl (C=O) groups excluding carboxylic acids is 1. The first-order valence-corrected chi connectivity index (χ1v) is 7.16. The van der Waals surface area contributed by atoms with E-state index in [0.29, 0.717) is 16.5 Å². The summed E-state index contributed by atoms with van der Waals surface area (Å²) in [7, 11) is 0. The number of rotatable bonds is 4. The highest BCUT2D eigenvalue weighted by atomic mass is 79.9. The molecule has 0 spiro atoms. The van der Waals surface area contributed by atoms with Gasteiger partial charge in [-0.1, -0.05) is 27.5 Å². The Morgan fingerprint density at radius 3 is 2.60 bits per heavy atom. The molecule has 0 aliphatic rings. The van der Waals surface area contributed by atoms with Gasteiger partial charge < -0.3 is 10.1 Å². The molecule has 20 heavy (non-hydrogen) atoms. The summed E-state index contributed by atoms with van der Waals surface area (Å²) in [5, 5.41) is 3.37. The number of ether oxygens (including phenoxy) is 1. The van der Waals surface area contributed by atoms with Gasteiger partial charge in [-0.15, -0.1) is 0 Å². The lowest BCUT2D eigenvalue weighted by atomic mass is 10.2. The molecule has 3 nitrogen and oxygen atoms in total. The van der Waals surface area contributed by atoms with E-state index < -0.39 is 0 Å². The number of hydrogen-bond acceptors (Lipinski definition) is 2. The molecule has 0 saturated carbocycles. The largest absolute Gasteiger partial charge is 0.483 e. The summed E-state index contributed by atoms with van der Waals surface area (Å²) in [6.07, 6.45) is 0. The summed E-state index contributed by atoms with van der Waals surface area (Å²) in [6, 6.07) is 12.6. The third-order valence-corrected chi connectivity index (χ3v) is 3.37. The Morgan fingerprint density at radius 2 is 1.95 bits per heavy atom. The van der Waals surface area contributed by atoms with E-state index in [0.717, 1.165) is 10.0 Å². The Balaban J connectivity index is 1.90. The van der Waals surface area contributed by atoms with Gasteiger partial charge in [-0.2, -0.15) is 0 Å². The van der Waals surface area contributed by atoms with Crippen LogP contribution in [-0.2, 0) is 4.79 Å². The minimum absolute atomic E-state index is 0.0366. The topological polar surface area (TPSA) is 38.3 Å². The van der Waals surface area contributed by atoms with E-state index in [2.05, 4.69) is 21.2 Å². The van der Waals surface area contributed by atoms with Crippen molar-refractivity contribution in [3.05, 3.63) is 57.5 Å². The molecule has 104 valence electrons. The van der Waals surface area contributed by atoms with E-state index in [4.69, 9.17) is 16.3 Å². The van der Waals surface area contributed by atoms with Crippen molar-refractivity contribution in [1.29, 1.82) is 0 Å². The van der Waals surface area contributed by atoms with Crippen LogP contribution in [0.4, 0.5) is 5.69 Å². The quantitative estimate of drug-likeness (QED) is 0.882. The number of anilines is 1. The van der Waals surface area contributed by atoms with Crippen LogP contribution in [-0.4, -0.2) is 12.5 Å². The lowest BCUT2D eigenvalue weighted by Gasteiger charge is -2.10. The van der Waals surface area contributed by atoms with Crippen LogP contribution >= 0.6 is 27.5 Å². The molecule has 0 atom stereocenters. The van der Waals surface area contributed by atoms with Gasteiger partial charge in [0.25, 0.3) is 5.91 Å². The van der Waals surface area contributed by atoms with Gasteiger partial charge >= 0.3 is 0 Å². The van der Waals surface area contributed by atoms with Gasteiger partial charge in [-0.3, -0.25) is 4.79 Å². The predicted molar refractivity (Wildman–Crippen MR) is 84.5 cm³/mol. The average Bonchev–Trinajstić information content (AvgIpc) is 2.40. The molecule has 5 heteroatoms. The second-order valence-electron chi connectivity index (χ2n) is 4.25. The third-order valence-electron chi connectivity index (χ3n) is 2.62. The van der Waals surface area contributed by atoms with Crippen molar-refractivity contribution in [3.8, 4) is 5.75 Å². The van der Waals surface area contributed by atoms with Gasteiger partial charge in [-0.25, -0.2) is 0 Å². The molecule has 2 aromatic carbocycles. The molecule has 0 saturated heterocycles. The lowest BCUT2D eigenvalue weighted by molar-refractivity contribution is -0.118. The van der Waals surface area contributed by atoms with Crippen molar-refractivity contribution in [2.75, 3.05) is 11.9 Å². The molecule has 1 N–H and O–H groups in total. The van der Waals surface area contributed by atoms with Crippen molar-refractivity contribution >= 4 is 39.1 Å². The first kappa shape index (κ1) is 14.9. The Bertz CT molecular complexity index is 614. The van der Waals surface area contributed by atoms with Crippen LogP contribution in [0.1, 0.15) is 5.56 Å². The number of benzene rings is 2. The zero-order valence-electron chi connectivity index (χ0n) is 10.8. The van der Waals surface area contributed by atoms with Crippen LogP contribution < -0.4 is 10.1 Å². The third kappa shape index (κ3) is 4.25. The molecule has 0 unspecified atom stereocenters. The maximum atomic E-state index is 11.8. The SMILES string of the molecule is Cc1cc(Br)ccc1OCC(=O)Nc1ccc(Cl)cc1. The van der Waals surface area contributed by atoms with Crippen LogP contribution in [0.5, 0.6) is 5.75 Å². The summed E-state index contributed by atoms with van der Waals surface area (Å²) in [5.74, 6) is 0.481. The molecule has 0 aliphatic heterocycles. The summed E-state index contributed by atoms with van der Waals surface area (Å²) in [4.78, 5) is 11.8. The van der Waals surface area contributed by atoms with Crippen LogP contribution in [0.15, 0.2) is 46.9 Å². The maximum absolute atomic E-state index is 11.8. The molecule has 1 amide bonds. The van der Waals surface area contributed by atoms with Gasteiger partial charge in [0.05, 0.1) is 0 Å². The lowest BCUT2D eigenvalue weighted by Crippen LogP contribution is -2.20. The van der Waals surface area contributed by atoms with Crippen LogP contribution in [0.2, 0.25) is 5.02 Å². The average molecular weight is 355 g/mol. The Labute approximate surface area is 131 Å². The van der Waals surface area contributed by atoms with Crippen molar-refractivity contribution in [2.45, 2.75) is 6.92 Å². The van der Waals surface area contributed by atoms with Gasteiger partial charge in [0.1, 0.15) is 5.75 Å². The maximum Gasteiger partial charge on any atom is 0.262 e. The highest BCUT2D eigenvalue weighted by Gasteiger charge is 2.05. The van der Waals surface area contributed by atoms with Crippen molar-refractivity contribution < 1.29 is 9.53 Å². The molecule has 0 bridgehead atoms. The molecule has 0 aromatic heterocycles. The summed E-state index contributed by atoms with van der Waals surface area (Å²) in [6.45, 7) is 1.89. The normalized spacial score (nSPS) is 10.2. The summed E-state index contributed by atoms with van der Waals surface area (Å²) < 4.78 is 6.47. The molecular formula is C15H13BrClNO2. The minimum atomic E-state index is -0.213. The van der Waals surface area contributed by atoms with E-state index in [1.807, 2.05) is 25.1 Å². The summed E-state index contributed by atoms with van der Waals surface area (Å²) >= 11 is 9.16. The molecule has 0 radical (unpaired) electrons. The molecular weight excluding hydrogens is 342 g/mol. The van der Waals surface area contributed by atoms with E-state index >= 15 is 0 Å². The fraction of sp³-hybridized carbons (Fsp3) is 0.133. The first-order chi connectivity index (χ1) is 9.54. The monoisotopic (exact) mass is 353 g/mol. The fourth-order valence-electron chi connectivity index (χ4n) is 1.65. The Morgan fingerprint density at radius 1 is 1.25 bits per heavy atom. The number of amides is 1. The van der Waals surface area contributed by atoms with Crippen molar-refractivity contribution in [3.63, 3.8) is 0 Å². The van der Waals surface area contributed by atoms with E-state index in [9.17, 15) is 4.79 Å². The summed E-state index contributed by atoms with van der Waals surface area (Å²) in [5.41, 5.74) is 1.66. The predicted octanol–water partition coefficient (Wildman–Crippen LogP) is 4.43. The van der Waals surface area contributed by atoms with E-state index in [1.165, 1.54) is 0 Å². The van der Waals surface area contributed by atoms with E-state index in [-0.39, 0.29) is 12.5 Å². The zero-order valence-corrected chi connectivity index (χ0v) is 13.2. The van der Waals surface area contributed by atoms with Gasteiger partial charge in [0.15, 0.2) is 6.61 Å². The minimum Gasteiger partial charge on any atom is -0.483 e. The van der Waals surface area contributed by atoms with Gasteiger partial charge in [0.2, 0.25) is 0 Å². The van der Waals surface area contributed by atoms with Gasteiger partial charge in [0, 0.05) is 15.2 Å². The smallest absolute Gasteiger partial charge is 0.262 e. The fourth-order valence-corrected chi connectivity index (χ4v) is 2.25. The van der Waals surface area contributed by atoms with Crippen LogP contribution in [0, 0.1) is 6.92 Å². The first-order valence-electron chi connectivity index (χ1n) is 5.99. The van der Waals surface area contributed by atoms with Crippen molar-refractivity contribution in [2.24, 2.45) is 0 Å². The molecule has 2 rings (SSSR count). The Hall–Kier alpha value is -1.52. The molecule has 0 heterocycles. The standard InChI is InChI=1S/C15H13BrClNO2/c1-10-8-11(16)2-7-14(10)20-9-15(19)18-13-5-3-12(17)4-6-13/h2-8H,9H2,1H3,(H,18,19). The second-order valence-corrected chi connectivity index (χ2v) is 5.61. The number of aryl methyl sites for hydroxylation is 1. The highest BCUT2D eigenvalue weighted by Crippen LogP contribution is 2.22. The number of nitrogens with one attached hydrogen (secondary N) is 1. The van der Waals surface area contributed by atoms with E-state index in [1.54, 1.807) is 24.3 Å². The zero-order chi connectivity index (χ0) is 14.5. The van der Waals surface area contributed by atoms with Crippen LogP contribution in [0.3, 0.4) is 0 Å². The second kappa shape index (κ2) is 6.77.